The number of ether oxygens (including phenoxy) is 2. The van der Waals surface area contributed by atoms with E-state index in [4.69, 9.17) is 9.47 Å². The molecule has 1 heterocycles. The van der Waals surface area contributed by atoms with Gasteiger partial charge in [-0.1, -0.05) is 17.9 Å². The SMILES string of the molecule is C=CCC[C@H](O)CC#CCOC1CCCCO1. The normalized spacial score (nSPS) is 21.4. The van der Waals surface area contributed by atoms with Crippen LogP contribution in [0.4, 0.5) is 0 Å². The van der Waals surface area contributed by atoms with E-state index in [1.54, 1.807) is 6.08 Å². The summed E-state index contributed by atoms with van der Waals surface area (Å²) in [5.41, 5.74) is 0. The van der Waals surface area contributed by atoms with Crippen LogP contribution in [0.2, 0.25) is 0 Å². The van der Waals surface area contributed by atoms with Gasteiger partial charge in [-0.3, -0.25) is 0 Å². The molecule has 1 unspecified atom stereocenters. The van der Waals surface area contributed by atoms with Gasteiger partial charge in [0.1, 0.15) is 6.61 Å². The predicted octanol–water partition coefficient (Wildman–Crippen LogP) is 2.25. The largest absolute Gasteiger partial charge is 0.392 e. The average molecular weight is 238 g/mol. The van der Waals surface area contributed by atoms with Gasteiger partial charge in [-0.2, -0.15) is 0 Å². The van der Waals surface area contributed by atoms with Gasteiger partial charge < -0.3 is 14.6 Å². The zero-order valence-electron chi connectivity index (χ0n) is 10.4. The minimum atomic E-state index is -0.355. The van der Waals surface area contributed by atoms with Crippen molar-refractivity contribution in [2.24, 2.45) is 0 Å². The zero-order valence-corrected chi connectivity index (χ0v) is 10.4. The fourth-order valence-electron chi connectivity index (χ4n) is 1.63. The zero-order chi connectivity index (χ0) is 12.3. The van der Waals surface area contributed by atoms with Crippen molar-refractivity contribution in [1.82, 2.24) is 0 Å². The van der Waals surface area contributed by atoms with Crippen molar-refractivity contribution in [3.8, 4) is 11.8 Å². The molecular weight excluding hydrogens is 216 g/mol. The maximum absolute atomic E-state index is 9.51. The Labute approximate surface area is 104 Å². The third kappa shape index (κ3) is 7.17. The maximum Gasteiger partial charge on any atom is 0.158 e. The number of aliphatic hydroxyl groups excluding tert-OH is 1. The summed E-state index contributed by atoms with van der Waals surface area (Å²) in [4.78, 5) is 0. The molecule has 2 atom stereocenters. The van der Waals surface area contributed by atoms with Gasteiger partial charge in [0.15, 0.2) is 6.29 Å². The first kappa shape index (κ1) is 14.2. The fourth-order valence-corrected chi connectivity index (χ4v) is 1.63. The van der Waals surface area contributed by atoms with E-state index in [2.05, 4.69) is 18.4 Å². The van der Waals surface area contributed by atoms with Crippen molar-refractivity contribution in [2.75, 3.05) is 13.2 Å². The number of aliphatic hydroxyl groups is 1. The van der Waals surface area contributed by atoms with E-state index >= 15 is 0 Å². The Kier molecular flexibility index (Phi) is 7.74. The molecule has 3 heteroatoms. The van der Waals surface area contributed by atoms with Crippen LogP contribution in [-0.4, -0.2) is 30.7 Å². The first-order valence-electron chi connectivity index (χ1n) is 6.31. The summed E-state index contributed by atoms with van der Waals surface area (Å²) in [5, 5.41) is 9.51. The molecule has 1 fully saturated rings. The number of hydrogen-bond donors (Lipinski definition) is 1. The Morgan fingerprint density at radius 3 is 3.06 bits per heavy atom. The van der Waals surface area contributed by atoms with Crippen LogP contribution in [0.1, 0.15) is 38.5 Å². The molecule has 0 aromatic heterocycles. The Balaban J connectivity index is 2.03. The van der Waals surface area contributed by atoms with Gasteiger partial charge in [0.25, 0.3) is 0 Å². The summed E-state index contributed by atoms with van der Waals surface area (Å²) in [7, 11) is 0. The number of hydrogen-bond acceptors (Lipinski definition) is 3. The molecule has 0 bridgehead atoms. The molecule has 1 rings (SSSR count). The Morgan fingerprint density at radius 1 is 1.47 bits per heavy atom. The Bertz CT molecular complexity index is 258. The van der Waals surface area contributed by atoms with Gasteiger partial charge in [-0.05, 0) is 32.1 Å². The minimum absolute atomic E-state index is 0.0799. The van der Waals surface area contributed by atoms with Crippen molar-refractivity contribution in [1.29, 1.82) is 0 Å². The summed E-state index contributed by atoms with van der Waals surface area (Å²) >= 11 is 0. The van der Waals surface area contributed by atoms with Gasteiger partial charge in [0, 0.05) is 13.0 Å². The second-order valence-electron chi connectivity index (χ2n) is 4.18. The highest BCUT2D eigenvalue weighted by molar-refractivity contribution is 5.00. The second-order valence-corrected chi connectivity index (χ2v) is 4.18. The van der Waals surface area contributed by atoms with Gasteiger partial charge in [-0.25, -0.2) is 0 Å². The fraction of sp³-hybridized carbons (Fsp3) is 0.714. The van der Waals surface area contributed by atoms with Crippen LogP contribution in [-0.2, 0) is 9.47 Å². The van der Waals surface area contributed by atoms with E-state index in [0.717, 1.165) is 32.3 Å². The van der Waals surface area contributed by atoms with Crippen LogP contribution in [0, 0.1) is 11.8 Å². The lowest BCUT2D eigenvalue weighted by atomic mass is 10.1. The van der Waals surface area contributed by atoms with Crippen LogP contribution in [0.3, 0.4) is 0 Å². The van der Waals surface area contributed by atoms with Crippen LogP contribution >= 0.6 is 0 Å². The van der Waals surface area contributed by atoms with E-state index < -0.39 is 0 Å². The summed E-state index contributed by atoms with van der Waals surface area (Å²) < 4.78 is 10.9. The molecule has 1 aliphatic heterocycles. The molecule has 0 saturated carbocycles. The maximum atomic E-state index is 9.51. The lowest BCUT2D eigenvalue weighted by Crippen LogP contribution is -2.22. The van der Waals surface area contributed by atoms with Crippen molar-refractivity contribution in [3.63, 3.8) is 0 Å². The highest BCUT2D eigenvalue weighted by atomic mass is 16.7. The smallest absolute Gasteiger partial charge is 0.158 e. The van der Waals surface area contributed by atoms with Crippen LogP contribution < -0.4 is 0 Å². The minimum Gasteiger partial charge on any atom is -0.392 e. The summed E-state index contributed by atoms with van der Waals surface area (Å²) in [6, 6.07) is 0. The van der Waals surface area contributed by atoms with Crippen molar-refractivity contribution in [3.05, 3.63) is 12.7 Å². The van der Waals surface area contributed by atoms with Crippen molar-refractivity contribution in [2.45, 2.75) is 50.9 Å². The highest BCUT2D eigenvalue weighted by Gasteiger charge is 2.12. The van der Waals surface area contributed by atoms with E-state index in [-0.39, 0.29) is 12.4 Å². The molecule has 0 aromatic carbocycles. The third-order valence-electron chi connectivity index (χ3n) is 2.65. The molecule has 0 aliphatic carbocycles. The van der Waals surface area contributed by atoms with Crippen LogP contribution in [0.15, 0.2) is 12.7 Å². The molecule has 1 aliphatic rings. The third-order valence-corrected chi connectivity index (χ3v) is 2.65. The van der Waals surface area contributed by atoms with Crippen molar-refractivity contribution < 1.29 is 14.6 Å². The summed E-state index contributed by atoms with van der Waals surface area (Å²) in [6.07, 6.45) is 6.68. The molecule has 0 radical (unpaired) electrons. The van der Waals surface area contributed by atoms with Crippen molar-refractivity contribution >= 4 is 0 Å². The lowest BCUT2D eigenvalue weighted by Gasteiger charge is -2.21. The van der Waals surface area contributed by atoms with Gasteiger partial charge in [0.2, 0.25) is 0 Å². The lowest BCUT2D eigenvalue weighted by molar-refractivity contribution is -0.154. The Morgan fingerprint density at radius 2 is 2.35 bits per heavy atom. The molecule has 1 saturated heterocycles. The monoisotopic (exact) mass is 238 g/mol. The average Bonchev–Trinajstić information content (AvgIpc) is 2.37. The van der Waals surface area contributed by atoms with Crippen LogP contribution in [0.25, 0.3) is 0 Å². The Hall–Kier alpha value is -0.820. The van der Waals surface area contributed by atoms with E-state index in [9.17, 15) is 5.11 Å². The molecule has 0 aromatic rings. The second kappa shape index (κ2) is 9.23. The molecule has 3 nitrogen and oxygen atoms in total. The van der Waals surface area contributed by atoms with E-state index in [1.165, 1.54) is 6.42 Å². The highest BCUT2D eigenvalue weighted by Crippen LogP contribution is 2.13. The number of rotatable bonds is 6. The van der Waals surface area contributed by atoms with E-state index in [1.807, 2.05) is 0 Å². The quantitative estimate of drug-likeness (QED) is 0.570. The predicted molar refractivity (Wildman–Crippen MR) is 67.4 cm³/mol. The standard InChI is InChI=1S/C14H22O3/c1-2-3-8-13(15)9-4-6-11-16-14-10-5-7-12-17-14/h2,13-15H,1,3,5,7-12H2/t13-,14?/m0/s1. The molecule has 17 heavy (non-hydrogen) atoms. The van der Waals surface area contributed by atoms with Gasteiger partial charge in [-0.15, -0.1) is 6.58 Å². The van der Waals surface area contributed by atoms with Gasteiger partial charge >= 0.3 is 0 Å². The molecular formula is C14H22O3. The molecule has 96 valence electrons. The van der Waals surface area contributed by atoms with E-state index in [0.29, 0.717) is 13.0 Å². The van der Waals surface area contributed by atoms with Crippen LogP contribution in [0.5, 0.6) is 0 Å². The number of allylic oxidation sites excluding steroid dienone is 1. The molecule has 0 amide bonds. The summed E-state index contributed by atoms with van der Waals surface area (Å²) in [5.74, 6) is 5.82. The topological polar surface area (TPSA) is 38.7 Å². The molecule has 1 N–H and O–H groups in total. The first-order valence-corrected chi connectivity index (χ1v) is 6.31. The van der Waals surface area contributed by atoms with Gasteiger partial charge in [0.05, 0.1) is 6.10 Å². The molecule has 0 spiro atoms. The first-order chi connectivity index (χ1) is 8.33. The summed E-state index contributed by atoms with van der Waals surface area (Å²) in [6.45, 7) is 4.79.